The zero-order valence-electron chi connectivity index (χ0n) is 16.6. The monoisotopic (exact) mass is 426 g/mol. The van der Waals surface area contributed by atoms with Crippen LogP contribution in [0.1, 0.15) is 23.7 Å². The zero-order valence-corrected chi connectivity index (χ0v) is 17.4. The highest BCUT2D eigenvalue weighted by molar-refractivity contribution is 7.80. The second-order valence-electron chi connectivity index (χ2n) is 6.50. The largest absolute Gasteiger partial charge is 0.497 e. The van der Waals surface area contributed by atoms with Gasteiger partial charge in [0.25, 0.3) is 11.8 Å². The van der Waals surface area contributed by atoms with Crippen molar-refractivity contribution in [3.8, 4) is 5.75 Å². The predicted octanol–water partition coefficient (Wildman–Crippen LogP) is 1.87. The number of hydrogen-bond donors (Lipinski definition) is 2. The standard InChI is InChI=1S/C21H22N4O4S/c1-3-22-18(26)13-17-20(28)24(15-7-5-4-6-8-15)21(30)25(17)23-19(27)14-9-11-16(29-2)12-10-14/h4-12,17H,3,13H2,1-2H3,(H,22,26)(H,23,27). The summed E-state index contributed by atoms with van der Waals surface area (Å²) in [6, 6.07) is 14.4. The Kier molecular flexibility index (Phi) is 6.63. The topological polar surface area (TPSA) is 91.0 Å². The molecule has 0 aliphatic carbocycles. The number of anilines is 1. The van der Waals surface area contributed by atoms with E-state index in [1.807, 2.05) is 6.07 Å². The molecular formula is C21H22N4O4S. The Morgan fingerprint density at radius 2 is 1.77 bits per heavy atom. The van der Waals surface area contributed by atoms with Crippen LogP contribution >= 0.6 is 12.2 Å². The minimum atomic E-state index is -0.952. The molecule has 1 saturated heterocycles. The molecule has 0 saturated carbocycles. The van der Waals surface area contributed by atoms with Crippen molar-refractivity contribution in [1.29, 1.82) is 0 Å². The van der Waals surface area contributed by atoms with Gasteiger partial charge < -0.3 is 10.1 Å². The molecule has 2 N–H and O–H groups in total. The lowest BCUT2D eigenvalue weighted by molar-refractivity contribution is -0.127. The Morgan fingerprint density at radius 1 is 1.10 bits per heavy atom. The third-order valence-electron chi connectivity index (χ3n) is 4.56. The maximum absolute atomic E-state index is 13.1. The van der Waals surface area contributed by atoms with Crippen LogP contribution in [-0.2, 0) is 9.59 Å². The summed E-state index contributed by atoms with van der Waals surface area (Å²) in [6.45, 7) is 2.23. The molecule has 1 atom stereocenters. The molecular weight excluding hydrogens is 404 g/mol. The summed E-state index contributed by atoms with van der Waals surface area (Å²) in [4.78, 5) is 39.4. The Balaban J connectivity index is 1.87. The van der Waals surface area contributed by atoms with Gasteiger partial charge in [0.05, 0.1) is 19.2 Å². The SMILES string of the molecule is CCNC(=O)CC1C(=O)N(c2ccccc2)C(=S)N1NC(=O)c1ccc(OC)cc1. The Labute approximate surface area is 179 Å². The minimum absolute atomic E-state index is 0.0994. The number of amides is 3. The molecule has 0 aromatic heterocycles. The summed E-state index contributed by atoms with van der Waals surface area (Å²) in [5, 5.41) is 4.06. The number of hydrogen-bond acceptors (Lipinski definition) is 5. The van der Waals surface area contributed by atoms with Crippen molar-refractivity contribution in [1.82, 2.24) is 15.8 Å². The molecule has 8 nitrogen and oxygen atoms in total. The number of rotatable bonds is 7. The molecule has 1 aliphatic heterocycles. The number of para-hydroxylation sites is 1. The first-order chi connectivity index (χ1) is 14.5. The van der Waals surface area contributed by atoms with E-state index in [1.54, 1.807) is 55.5 Å². The molecule has 2 aromatic rings. The van der Waals surface area contributed by atoms with E-state index in [0.717, 1.165) is 0 Å². The summed E-state index contributed by atoms with van der Waals surface area (Å²) >= 11 is 5.49. The van der Waals surface area contributed by atoms with Crippen LogP contribution in [-0.4, -0.2) is 47.5 Å². The zero-order chi connectivity index (χ0) is 21.7. The third kappa shape index (κ3) is 4.41. The molecule has 2 aromatic carbocycles. The molecule has 1 fully saturated rings. The number of methoxy groups -OCH3 is 1. The average Bonchev–Trinajstić information content (AvgIpc) is 2.98. The molecule has 3 amide bonds. The maximum atomic E-state index is 13.1. The van der Waals surface area contributed by atoms with Crippen LogP contribution in [0.15, 0.2) is 54.6 Å². The van der Waals surface area contributed by atoms with Crippen molar-refractivity contribution in [2.75, 3.05) is 18.6 Å². The first-order valence-corrected chi connectivity index (χ1v) is 9.81. The minimum Gasteiger partial charge on any atom is -0.497 e. The Hall–Kier alpha value is -3.46. The number of thiocarbonyl (C=S) groups is 1. The van der Waals surface area contributed by atoms with E-state index in [0.29, 0.717) is 23.5 Å². The molecule has 0 bridgehead atoms. The van der Waals surface area contributed by atoms with Gasteiger partial charge in [0, 0.05) is 12.1 Å². The van der Waals surface area contributed by atoms with Crippen LogP contribution in [0.2, 0.25) is 0 Å². The van der Waals surface area contributed by atoms with Gasteiger partial charge in [-0.3, -0.25) is 24.7 Å². The lowest BCUT2D eigenvalue weighted by atomic mass is 10.1. The van der Waals surface area contributed by atoms with E-state index in [2.05, 4.69) is 10.7 Å². The number of carbonyl (C=O) groups excluding carboxylic acids is 3. The Morgan fingerprint density at radius 3 is 2.37 bits per heavy atom. The van der Waals surface area contributed by atoms with Crippen LogP contribution in [0, 0.1) is 0 Å². The number of benzene rings is 2. The van der Waals surface area contributed by atoms with Gasteiger partial charge in [-0.15, -0.1) is 0 Å². The van der Waals surface area contributed by atoms with E-state index in [9.17, 15) is 14.4 Å². The van der Waals surface area contributed by atoms with E-state index in [1.165, 1.54) is 17.0 Å². The van der Waals surface area contributed by atoms with Crippen LogP contribution in [0.3, 0.4) is 0 Å². The normalized spacial score (nSPS) is 15.9. The first-order valence-electron chi connectivity index (χ1n) is 9.40. The summed E-state index contributed by atoms with van der Waals surface area (Å²) in [5.74, 6) is -0.531. The molecule has 1 unspecified atom stereocenters. The number of nitrogens with one attached hydrogen (secondary N) is 2. The van der Waals surface area contributed by atoms with Gasteiger partial charge in [0.15, 0.2) is 0 Å². The summed E-state index contributed by atoms with van der Waals surface area (Å²) in [6.07, 6.45) is -0.140. The lowest BCUT2D eigenvalue weighted by Crippen LogP contribution is -2.50. The smallest absolute Gasteiger partial charge is 0.269 e. The van der Waals surface area contributed by atoms with Gasteiger partial charge in [0.2, 0.25) is 11.0 Å². The van der Waals surface area contributed by atoms with Crippen LogP contribution in [0.25, 0.3) is 0 Å². The quantitative estimate of drug-likeness (QED) is 0.657. The van der Waals surface area contributed by atoms with E-state index >= 15 is 0 Å². The molecule has 30 heavy (non-hydrogen) atoms. The maximum Gasteiger partial charge on any atom is 0.269 e. The highest BCUT2D eigenvalue weighted by Crippen LogP contribution is 2.26. The highest BCUT2D eigenvalue weighted by atomic mass is 32.1. The number of nitrogens with zero attached hydrogens (tertiary/aromatic N) is 2. The molecule has 0 radical (unpaired) electrons. The van der Waals surface area contributed by atoms with E-state index in [4.69, 9.17) is 17.0 Å². The molecule has 1 aliphatic rings. The van der Waals surface area contributed by atoms with Gasteiger partial charge in [-0.25, -0.2) is 5.01 Å². The second-order valence-corrected chi connectivity index (χ2v) is 6.87. The molecule has 3 rings (SSSR count). The van der Waals surface area contributed by atoms with Crippen molar-refractivity contribution < 1.29 is 19.1 Å². The molecule has 1 heterocycles. The number of ether oxygens (including phenoxy) is 1. The summed E-state index contributed by atoms with van der Waals surface area (Å²) in [5.41, 5.74) is 3.61. The molecule has 156 valence electrons. The number of carbonyl (C=O) groups is 3. The van der Waals surface area contributed by atoms with Crippen LogP contribution < -0.4 is 20.4 Å². The van der Waals surface area contributed by atoms with E-state index in [-0.39, 0.29) is 23.3 Å². The average molecular weight is 426 g/mol. The highest BCUT2D eigenvalue weighted by Gasteiger charge is 2.45. The summed E-state index contributed by atoms with van der Waals surface area (Å²) in [7, 11) is 1.54. The van der Waals surface area contributed by atoms with Crippen molar-refractivity contribution in [3.05, 3.63) is 60.2 Å². The molecule has 9 heteroatoms. The van der Waals surface area contributed by atoms with Gasteiger partial charge in [-0.2, -0.15) is 0 Å². The summed E-state index contributed by atoms with van der Waals surface area (Å²) < 4.78 is 5.10. The van der Waals surface area contributed by atoms with Crippen LogP contribution in [0.4, 0.5) is 5.69 Å². The van der Waals surface area contributed by atoms with Gasteiger partial charge >= 0.3 is 0 Å². The van der Waals surface area contributed by atoms with Crippen molar-refractivity contribution in [2.45, 2.75) is 19.4 Å². The van der Waals surface area contributed by atoms with Crippen molar-refractivity contribution in [2.24, 2.45) is 0 Å². The van der Waals surface area contributed by atoms with Gasteiger partial charge in [-0.05, 0) is 55.5 Å². The van der Waals surface area contributed by atoms with E-state index < -0.39 is 11.9 Å². The lowest BCUT2D eigenvalue weighted by Gasteiger charge is -2.24. The van der Waals surface area contributed by atoms with Crippen molar-refractivity contribution in [3.63, 3.8) is 0 Å². The number of hydrazine groups is 1. The first kappa shape index (κ1) is 21.3. The third-order valence-corrected chi connectivity index (χ3v) is 4.94. The van der Waals surface area contributed by atoms with Crippen LogP contribution in [0.5, 0.6) is 5.75 Å². The Bertz CT molecular complexity index is 949. The fraction of sp³-hybridized carbons (Fsp3) is 0.238. The molecule has 0 spiro atoms. The predicted molar refractivity (Wildman–Crippen MR) is 116 cm³/mol. The second kappa shape index (κ2) is 9.36. The van der Waals surface area contributed by atoms with Crippen molar-refractivity contribution >= 4 is 40.7 Å². The van der Waals surface area contributed by atoms with Gasteiger partial charge in [0.1, 0.15) is 11.8 Å². The van der Waals surface area contributed by atoms with Gasteiger partial charge in [-0.1, -0.05) is 18.2 Å². The fourth-order valence-corrected chi connectivity index (χ4v) is 3.44. The fourth-order valence-electron chi connectivity index (χ4n) is 3.08.